The van der Waals surface area contributed by atoms with Crippen LogP contribution in [0.4, 0.5) is 0 Å². The molecule has 2 aliphatic heterocycles. The maximum atomic E-state index is 12.7. The van der Waals surface area contributed by atoms with Gasteiger partial charge in [0.25, 0.3) is 11.5 Å². The van der Waals surface area contributed by atoms with Crippen LogP contribution in [0.25, 0.3) is 0 Å². The number of carbonyl (C=O) groups is 2. The average Bonchev–Trinajstić information content (AvgIpc) is 2.57. The molecule has 0 bridgehead atoms. The van der Waals surface area contributed by atoms with Crippen molar-refractivity contribution in [3.63, 3.8) is 0 Å². The second-order valence-corrected chi connectivity index (χ2v) is 6.73. The summed E-state index contributed by atoms with van der Waals surface area (Å²) in [5.41, 5.74) is -0.391. The quantitative estimate of drug-likeness (QED) is 0.787. The normalized spacial score (nSPS) is 22.0. The third kappa shape index (κ3) is 2.93. The predicted octanol–water partition coefficient (Wildman–Crippen LogP) is -0.508. The standard InChI is InChI=1S/C16H23N5O3/c1-10(2)13-17-8-11(14(22)18-13)15(23)21-7-6-20-5-4-19(3)16(24)12(20)9-21/h8,10,12H,4-7,9H2,1-3H3,(H,17,18,22). The van der Waals surface area contributed by atoms with E-state index in [0.717, 1.165) is 6.54 Å². The molecule has 1 aromatic heterocycles. The summed E-state index contributed by atoms with van der Waals surface area (Å²) in [7, 11) is 1.78. The van der Waals surface area contributed by atoms with Gasteiger partial charge in [0.05, 0.1) is 0 Å². The van der Waals surface area contributed by atoms with Crippen molar-refractivity contribution in [2.45, 2.75) is 25.8 Å². The highest BCUT2D eigenvalue weighted by Crippen LogP contribution is 2.17. The van der Waals surface area contributed by atoms with E-state index in [9.17, 15) is 14.4 Å². The number of nitrogens with zero attached hydrogens (tertiary/aromatic N) is 4. The Hall–Kier alpha value is -2.22. The molecule has 130 valence electrons. The van der Waals surface area contributed by atoms with Gasteiger partial charge in [-0.25, -0.2) is 4.98 Å². The summed E-state index contributed by atoms with van der Waals surface area (Å²) in [6.07, 6.45) is 1.34. The van der Waals surface area contributed by atoms with Crippen LogP contribution in [-0.2, 0) is 4.79 Å². The van der Waals surface area contributed by atoms with Crippen LogP contribution in [0.3, 0.4) is 0 Å². The molecule has 0 radical (unpaired) electrons. The Morgan fingerprint density at radius 3 is 2.62 bits per heavy atom. The average molecular weight is 333 g/mol. The Bertz CT molecular complexity index is 714. The molecule has 0 spiro atoms. The van der Waals surface area contributed by atoms with Gasteiger partial charge in [0, 0.05) is 51.9 Å². The number of aromatic nitrogens is 2. The van der Waals surface area contributed by atoms with E-state index >= 15 is 0 Å². The third-order valence-corrected chi connectivity index (χ3v) is 4.76. The van der Waals surface area contributed by atoms with Crippen LogP contribution in [0.1, 0.15) is 35.9 Å². The van der Waals surface area contributed by atoms with Gasteiger partial charge in [-0.05, 0) is 0 Å². The Morgan fingerprint density at radius 1 is 1.25 bits per heavy atom. The van der Waals surface area contributed by atoms with Crippen LogP contribution < -0.4 is 5.56 Å². The number of likely N-dealkylation sites (N-methyl/N-ethyl adjacent to an activating group) is 1. The van der Waals surface area contributed by atoms with Crippen molar-refractivity contribution < 1.29 is 9.59 Å². The van der Waals surface area contributed by atoms with Crippen molar-refractivity contribution in [3.8, 4) is 0 Å². The number of hydrogen-bond acceptors (Lipinski definition) is 5. The Labute approximate surface area is 140 Å². The molecule has 8 nitrogen and oxygen atoms in total. The van der Waals surface area contributed by atoms with E-state index in [-0.39, 0.29) is 29.3 Å². The molecule has 24 heavy (non-hydrogen) atoms. The van der Waals surface area contributed by atoms with Crippen molar-refractivity contribution >= 4 is 11.8 Å². The fourth-order valence-electron chi connectivity index (χ4n) is 3.17. The molecule has 3 rings (SSSR count). The Morgan fingerprint density at radius 2 is 1.96 bits per heavy atom. The lowest BCUT2D eigenvalue weighted by Crippen LogP contribution is -2.64. The zero-order valence-corrected chi connectivity index (χ0v) is 14.3. The van der Waals surface area contributed by atoms with E-state index < -0.39 is 5.56 Å². The lowest BCUT2D eigenvalue weighted by Gasteiger charge is -2.45. The van der Waals surface area contributed by atoms with Gasteiger partial charge in [-0.3, -0.25) is 19.3 Å². The van der Waals surface area contributed by atoms with E-state index in [1.807, 2.05) is 13.8 Å². The number of H-pyrrole nitrogens is 1. The van der Waals surface area contributed by atoms with Crippen LogP contribution >= 0.6 is 0 Å². The van der Waals surface area contributed by atoms with Crippen LogP contribution in [0.15, 0.2) is 11.0 Å². The maximum Gasteiger partial charge on any atom is 0.263 e. The number of rotatable bonds is 2. The molecular weight excluding hydrogens is 310 g/mol. The summed E-state index contributed by atoms with van der Waals surface area (Å²) >= 11 is 0. The van der Waals surface area contributed by atoms with Crippen molar-refractivity contribution in [2.24, 2.45) is 0 Å². The number of carbonyl (C=O) groups excluding carboxylic acids is 2. The molecule has 0 saturated carbocycles. The first-order valence-corrected chi connectivity index (χ1v) is 8.26. The summed E-state index contributed by atoms with van der Waals surface area (Å²) in [6.45, 7) is 6.84. The molecular formula is C16H23N5O3. The van der Waals surface area contributed by atoms with Gasteiger partial charge < -0.3 is 14.8 Å². The van der Waals surface area contributed by atoms with Crippen molar-refractivity contribution in [1.82, 2.24) is 24.7 Å². The number of piperazine rings is 2. The minimum absolute atomic E-state index is 0.0286. The van der Waals surface area contributed by atoms with E-state index in [4.69, 9.17) is 0 Å². The number of nitrogens with one attached hydrogen (secondary N) is 1. The highest BCUT2D eigenvalue weighted by atomic mass is 16.2. The van der Waals surface area contributed by atoms with E-state index in [2.05, 4.69) is 14.9 Å². The van der Waals surface area contributed by atoms with E-state index in [1.165, 1.54) is 6.20 Å². The SMILES string of the molecule is CC(C)c1ncc(C(=O)N2CCN3CCN(C)C(=O)C3C2)c(=O)[nH]1. The molecule has 1 N–H and O–H groups in total. The molecule has 2 saturated heterocycles. The summed E-state index contributed by atoms with van der Waals surface area (Å²) < 4.78 is 0. The Kier molecular flexibility index (Phi) is 4.40. The molecule has 2 aliphatic rings. The van der Waals surface area contributed by atoms with Gasteiger partial charge in [-0.2, -0.15) is 0 Å². The van der Waals surface area contributed by atoms with Gasteiger partial charge in [0.1, 0.15) is 17.4 Å². The number of fused-ring (bicyclic) bond motifs is 1. The summed E-state index contributed by atoms with van der Waals surface area (Å²) in [5, 5.41) is 0. The molecule has 0 aromatic carbocycles. The summed E-state index contributed by atoms with van der Waals surface area (Å²) in [4.78, 5) is 49.4. The lowest BCUT2D eigenvalue weighted by molar-refractivity contribution is -0.142. The monoisotopic (exact) mass is 333 g/mol. The van der Waals surface area contributed by atoms with Crippen LogP contribution in [0.2, 0.25) is 0 Å². The minimum atomic E-state index is -0.423. The maximum absolute atomic E-state index is 12.7. The largest absolute Gasteiger partial charge is 0.343 e. The van der Waals surface area contributed by atoms with Gasteiger partial charge in [0.15, 0.2) is 0 Å². The number of amides is 2. The highest BCUT2D eigenvalue weighted by molar-refractivity contribution is 5.94. The van der Waals surface area contributed by atoms with Crippen molar-refractivity contribution in [1.29, 1.82) is 0 Å². The van der Waals surface area contributed by atoms with Crippen LogP contribution in [0, 0.1) is 0 Å². The molecule has 1 atom stereocenters. The fourth-order valence-corrected chi connectivity index (χ4v) is 3.17. The molecule has 3 heterocycles. The second-order valence-electron chi connectivity index (χ2n) is 6.73. The first kappa shape index (κ1) is 16.6. The smallest absolute Gasteiger partial charge is 0.263 e. The predicted molar refractivity (Wildman–Crippen MR) is 87.8 cm³/mol. The summed E-state index contributed by atoms with van der Waals surface area (Å²) in [6, 6.07) is -0.316. The zero-order chi connectivity index (χ0) is 17.4. The summed E-state index contributed by atoms with van der Waals surface area (Å²) in [5.74, 6) is 0.312. The minimum Gasteiger partial charge on any atom is -0.343 e. The lowest BCUT2D eigenvalue weighted by atomic mass is 10.1. The molecule has 1 aromatic rings. The zero-order valence-electron chi connectivity index (χ0n) is 14.3. The van der Waals surface area contributed by atoms with Crippen molar-refractivity contribution in [3.05, 3.63) is 27.9 Å². The van der Waals surface area contributed by atoms with Gasteiger partial charge in [0.2, 0.25) is 5.91 Å². The highest BCUT2D eigenvalue weighted by Gasteiger charge is 2.39. The third-order valence-electron chi connectivity index (χ3n) is 4.76. The van der Waals surface area contributed by atoms with Gasteiger partial charge in [-0.15, -0.1) is 0 Å². The first-order valence-electron chi connectivity index (χ1n) is 8.26. The van der Waals surface area contributed by atoms with Crippen molar-refractivity contribution in [2.75, 3.05) is 39.8 Å². The molecule has 2 fully saturated rings. The molecule has 0 aliphatic carbocycles. The molecule has 1 unspecified atom stereocenters. The van der Waals surface area contributed by atoms with Gasteiger partial charge >= 0.3 is 0 Å². The second kappa shape index (κ2) is 6.35. The fraction of sp³-hybridized carbons (Fsp3) is 0.625. The van der Waals surface area contributed by atoms with Crippen LogP contribution in [0.5, 0.6) is 0 Å². The van der Waals surface area contributed by atoms with Crippen LogP contribution in [-0.4, -0.2) is 82.3 Å². The topological polar surface area (TPSA) is 89.6 Å². The molecule has 2 amide bonds. The number of aromatic amines is 1. The Balaban J connectivity index is 1.79. The van der Waals surface area contributed by atoms with E-state index in [1.54, 1.807) is 16.8 Å². The molecule has 8 heteroatoms. The van der Waals surface area contributed by atoms with Gasteiger partial charge in [-0.1, -0.05) is 13.8 Å². The first-order chi connectivity index (χ1) is 11.4. The van der Waals surface area contributed by atoms with E-state index in [0.29, 0.717) is 32.0 Å². The number of hydrogen-bond donors (Lipinski definition) is 1.